The van der Waals surface area contributed by atoms with Gasteiger partial charge in [-0.15, -0.1) is 5.10 Å². The smallest absolute Gasteiger partial charge is 0.0965 e. The molecule has 0 aliphatic rings. The van der Waals surface area contributed by atoms with Crippen LogP contribution in [-0.4, -0.2) is 22.0 Å². The van der Waals surface area contributed by atoms with Gasteiger partial charge in [-0.1, -0.05) is 27.8 Å². The molecule has 0 saturated heterocycles. The fraction of sp³-hybridized carbons (Fsp3) is 0.600. The third-order valence-electron chi connectivity index (χ3n) is 1.07. The molecular formula is C5H9IN4. The van der Waals surface area contributed by atoms with Crippen LogP contribution in [-0.2, 0) is 11.1 Å². The van der Waals surface area contributed by atoms with Gasteiger partial charge < -0.3 is 5.32 Å². The summed E-state index contributed by atoms with van der Waals surface area (Å²) in [5.41, 5.74) is 0.985. The summed E-state index contributed by atoms with van der Waals surface area (Å²) in [6.07, 6.45) is 1.93. The van der Waals surface area contributed by atoms with Crippen LogP contribution in [0.15, 0.2) is 6.20 Å². The molecule has 1 aromatic rings. The Hall–Kier alpha value is -0.170. The Morgan fingerprint density at radius 2 is 2.60 bits per heavy atom. The second-order valence-electron chi connectivity index (χ2n) is 1.90. The molecule has 1 N–H and O–H groups in total. The van der Waals surface area contributed by atoms with Crippen molar-refractivity contribution in [1.82, 2.24) is 20.3 Å². The molecule has 0 spiro atoms. The van der Waals surface area contributed by atoms with Gasteiger partial charge >= 0.3 is 0 Å². The zero-order valence-corrected chi connectivity index (χ0v) is 7.87. The van der Waals surface area contributed by atoms with E-state index in [0.29, 0.717) is 0 Å². The summed E-state index contributed by atoms with van der Waals surface area (Å²) in [4.78, 5) is 0. The first-order chi connectivity index (χ1) is 4.86. The minimum absolute atomic E-state index is 0.788. The number of nitrogens with one attached hydrogen (secondary N) is 1. The van der Waals surface area contributed by atoms with E-state index in [1.807, 2.05) is 13.2 Å². The summed E-state index contributed by atoms with van der Waals surface area (Å²) < 4.78 is 2.65. The number of hydrogen-bond donors (Lipinski definition) is 1. The van der Waals surface area contributed by atoms with Gasteiger partial charge in [0.2, 0.25) is 0 Å². The second kappa shape index (κ2) is 3.87. The van der Waals surface area contributed by atoms with Crippen molar-refractivity contribution >= 4 is 22.6 Å². The van der Waals surface area contributed by atoms with Gasteiger partial charge in [-0.2, -0.15) is 0 Å². The lowest BCUT2D eigenvalue weighted by atomic mass is 10.5. The molecule has 0 amide bonds. The van der Waals surface area contributed by atoms with Crippen LogP contribution in [0.25, 0.3) is 0 Å². The molecular weight excluding hydrogens is 243 g/mol. The third-order valence-corrected chi connectivity index (χ3v) is 1.77. The lowest BCUT2D eigenvalue weighted by Gasteiger charge is -1.89. The lowest BCUT2D eigenvalue weighted by molar-refractivity contribution is 0.710. The topological polar surface area (TPSA) is 42.7 Å². The Bertz CT molecular complexity index is 197. The summed E-state index contributed by atoms with van der Waals surface area (Å²) in [5.74, 6) is 0. The highest BCUT2D eigenvalue weighted by Crippen LogP contribution is 1.94. The Balaban J connectivity index is 2.59. The van der Waals surface area contributed by atoms with E-state index < -0.39 is 0 Å². The zero-order chi connectivity index (χ0) is 7.40. The number of halogens is 1. The largest absolute Gasteiger partial charge is 0.314 e. The standard InChI is InChI=1S/C5H9IN4/c1-7-2-5-3-10(4-6)9-8-5/h3,7H,2,4H2,1H3. The SMILES string of the molecule is CNCc1cn(CI)nn1. The van der Waals surface area contributed by atoms with Gasteiger partial charge in [0.1, 0.15) is 0 Å². The van der Waals surface area contributed by atoms with E-state index in [1.54, 1.807) is 4.68 Å². The van der Waals surface area contributed by atoms with Crippen molar-refractivity contribution in [3.05, 3.63) is 11.9 Å². The molecule has 1 rings (SSSR count). The van der Waals surface area contributed by atoms with Crippen molar-refractivity contribution < 1.29 is 0 Å². The minimum atomic E-state index is 0.788. The van der Waals surface area contributed by atoms with Crippen LogP contribution in [0.5, 0.6) is 0 Å². The molecule has 0 aromatic carbocycles. The number of rotatable bonds is 3. The molecule has 10 heavy (non-hydrogen) atoms. The Kier molecular flexibility index (Phi) is 3.07. The quantitative estimate of drug-likeness (QED) is 0.625. The average molecular weight is 252 g/mol. The average Bonchev–Trinajstić information content (AvgIpc) is 2.37. The molecule has 5 heteroatoms. The second-order valence-corrected chi connectivity index (χ2v) is 2.58. The maximum absolute atomic E-state index is 3.92. The van der Waals surface area contributed by atoms with Gasteiger partial charge in [-0.05, 0) is 7.05 Å². The van der Waals surface area contributed by atoms with Gasteiger partial charge in [0.05, 0.1) is 16.4 Å². The highest BCUT2D eigenvalue weighted by atomic mass is 127. The molecule has 0 atom stereocenters. The van der Waals surface area contributed by atoms with Gasteiger partial charge in [-0.25, -0.2) is 4.68 Å². The van der Waals surface area contributed by atoms with Crippen LogP contribution < -0.4 is 5.32 Å². The molecule has 1 aromatic heterocycles. The van der Waals surface area contributed by atoms with E-state index in [0.717, 1.165) is 16.8 Å². The van der Waals surface area contributed by atoms with Crippen molar-refractivity contribution in [1.29, 1.82) is 0 Å². The van der Waals surface area contributed by atoms with E-state index in [2.05, 4.69) is 38.2 Å². The van der Waals surface area contributed by atoms with Crippen molar-refractivity contribution in [3.63, 3.8) is 0 Å². The highest BCUT2D eigenvalue weighted by Gasteiger charge is 1.95. The van der Waals surface area contributed by atoms with E-state index in [1.165, 1.54) is 0 Å². The van der Waals surface area contributed by atoms with Crippen molar-refractivity contribution in [2.24, 2.45) is 0 Å². The summed E-state index contributed by atoms with van der Waals surface area (Å²) >= 11 is 2.24. The molecule has 0 unspecified atom stereocenters. The minimum Gasteiger partial charge on any atom is -0.314 e. The lowest BCUT2D eigenvalue weighted by Crippen LogP contribution is -2.04. The van der Waals surface area contributed by atoms with E-state index in [4.69, 9.17) is 0 Å². The number of hydrogen-bond acceptors (Lipinski definition) is 3. The normalized spacial score (nSPS) is 10.2. The molecule has 0 bridgehead atoms. The van der Waals surface area contributed by atoms with Crippen molar-refractivity contribution in [2.45, 2.75) is 11.1 Å². The fourth-order valence-corrected chi connectivity index (χ4v) is 0.992. The van der Waals surface area contributed by atoms with Crippen LogP contribution in [0.4, 0.5) is 0 Å². The van der Waals surface area contributed by atoms with Gasteiger partial charge in [0, 0.05) is 6.54 Å². The van der Waals surface area contributed by atoms with Crippen molar-refractivity contribution in [3.8, 4) is 0 Å². The molecule has 0 aliphatic heterocycles. The third kappa shape index (κ3) is 1.91. The number of aromatic nitrogens is 3. The molecule has 0 radical (unpaired) electrons. The maximum atomic E-state index is 3.92. The van der Waals surface area contributed by atoms with Crippen LogP contribution in [0, 0.1) is 0 Å². The van der Waals surface area contributed by atoms with Crippen LogP contribution in [0.2, 0.25) is 0 Å². The Labute approximate surface area is 73.1 Å². The van der Waals surface area contributed by atoms with E-state index in [9.17, 15) is 0 Å². The Morgan fingerprint density at radius 1 is 1.80 bits per heavy atom. The zero-order valence-electron chi connectivity index (χ0n) is 5.71. The fourth-order valence-electron chi connectivity index (χ4n) is 0.659. The maximum Gasteiger partial charge on any atom is 0.0965 e. The van der Waals surface area contributed by atoms with Crippen LogP contribution in [0.3, 0.4) is 0 Å². The molecule has 56 valence electrons. The molecule has 4 nitrogen and oxygen atoms in total. The highest BCUT2D eigenvalue weighted by molar-refractivity contribution is 14.1. The van der Waals surface area contributed by atoms with Crippen molar-refractivity contribution in [2.75, 3.05) is 7.05 Å². The molecule has 0 saturated carbocycles. The summed E-state index contributed by atoms with van der Waals surface area (Å²) in [6, 6.07) is 0. The van der Waals surface area contributed by atoms with Crippen LogP contribution >= 0.6 is 22.6 Å². The molecule has 1 heterocycles. The summed E-state index contributed by atoms with van der Waals surface area (Å²) in [7, 11) is 1.89. The predicted molar refractivity (Wildman–Crippen MR) is 46.8 cm³/mol. The van der Waals surface area contributed by atoms with Crippen LogP contribution in [0.1, 0.15) is 5.69 Å². The monoisotopic (exact) mass is 252 g/mol. The first-order valence-corrected chi connectivity index (χ1v) is 4.49. The predicted octanol–water partition coefficient (Wildman–Crippen LogP) is 0.390. The number of nitrogens with zero attached hydrogens (tertiary/aromatic N) is 3. The van der Waals surface area contributed by atoms with Gasteiger partial charge in [-0.3, -0.25) is 0 Å². The van der Waals surface area contributed by atoms with E-state index >= 15 is 0 Å². The number of alkyl halides is 1. The first-order valence-electron chi connectivity index (χ1n) is 2.96. The Morgan fingerprint density at radius 3 is 3.10 bits per heavy atom. The first kappa shape index (κ1) is 7.93. The molecule has 0 fully saturated rings. The summed E-state index contributed by atoms with van der Waals surface area (Å²) in [6.45, 7) is 0.788. The van der Waals surface area contributed by atoms with E-state index in [-0.39, 0.29) is 0 Å². The molecule has 0 aliphatic carbocycles. The summed E-state index contributed by atoms with van der Waals surface area (Å²) in [5, 5.41) is 10.8. The van der Waals surface area contributed by atoms with Gasteiger partial charge in [0.15, 0.2) is 0 Å². The van der Waals surface area contributed by atoms with Gasteiger partial charge in [0.25, 0.3) is 0 Å².